The zero-order valence-corrected chi connectivity index (χ0v) is 8.77. The Hall–Kier alpha value is -1.04. The summed E-state index contributed by atoms with van der Waals surface area (Å²) in [5.74, 6) is 0. The fourth-order valence-corrected chi connectivity index (χ4v) is 2.03. The number of quaternary nitrogens is 1. The normalized spacial score (nSPS) is 13.7. The number of hydrogen-bond donors (Lipinski definition) is 1. The van der Waals surface area contributed by atoms with Gasteiger partial charge in [-0.15, -0.1) is 0 Å². The van der Waals surface area contributed by atoms with Gasteiger partial charge in [-0.05, 0) is 30.9 Å². The van der Waals surface area contributed by atoms with Gasteiger partial charge in [-0.3, -0.25) is 0 Å². The Bertz CT molecular complexity index is 380. The van der Waals surface area contributed by atoms with Crippen molar-refractivity contribution in [3.63, 3.8) is 0 Å². The standard InChI is InChI=1S/C11H12N2.ClH/c1-13-11-7-6-10(12)8-4-2-3-5-9(8)11;/h6-7H,2-5,12H2;1H. The highest BCUT2D eigenvalue weighted by Gasteiger charge is 2.16. The SMILES string of the molecule is [C-]#[N+]c1ccc([NH3+])c2c1CCCC2.[Cl-]. The van der Waals surface area contributed by atoms with Gasteiger partial charge in [-0.2, -0.15) is 0 Å². The Balaban J connectivity index is 0.000000980. The summed E-state index contributed by atoms with van der Waals surface area (Å²) in [6.07, 6.45) is 4.64. The summed E-state index contributed by atoms with van der Waals surface area (Å²) >= 11 is 0. The summed E-state index contributed by atoms with van der Waals surface area (Å²) < 4.78 is 0. The number of hydrogen-bond acceptors (Lipinski definition) is 0. The van der Waals surface area contributed by atoms with Crippen molar-refractivity contribution in [3.8, 4) is 0 Å². The van der Waals surface area contributed by atoms with Crippen LogP contribution in [0.1, 0.15) is 24.0 Å². The third kappa shape index (κ3) is 1.75. The summed E-state index contributed by atoms with van der Waals surface area (Å²) in [6, 6.07) is 3.87. The molecule has 3 N–H and O–H groups in total. The molecule has 1 aliphatic carbocycles. The van der Waals surface area contributed by atoms with Gasteiger partial charge in [0.25, 0.3) is 0 Å². The topological polar surface area (TPSA) is 32.0 Å². The Labute approximate surface area is 90.3 Å². The summed E-state index contributed by atoms with van der Waals surface area (Å²) in [5.41, 5.74) is 8.55. The van der Waals surface area contributed by atoms with Crippen LogP contribution in [-0.4, -0.2) is 0 Å². The molecule has 74 valence electrons. The maximum absolute atomic E-state index is 7.06. The first kappa shape index (κ1) is 11.0. The molecule has 0 heterocycles. The van der Waals surface area contributed by atoms with Gasteiger partial charge in [-0.1, -0.05) is 12.5 Å². The van der Waals surface area contributed by atoms with Gasteiger partial charge in [0.1, 0.15) is 5.69 Å². The summed E-state index contributed by atoms with van der Waals surface area (Å²) in [4.78, 5) is 3.55. The van der Waals surface area contributed by atoms with E-state index in [4.69, 9.17) is 6.57 Å². The molecule has 0 amide bonds. The molecule has 14 heavy (non-hydrogen) atoms. The van der Waals surface area contributed by atoms with Crippen molar-refractivity contribution < 1.29 is 18.1 Å². The number of nitrogens with zero attached hydrogens (tertiary/aromatic N) is 1. The first-order valence-electron chi connectivity index (χ1n) is 4.67. The van der Waals surface area contributed by atoms with E-state index in [1.807, 2.05) is 12.1 Å². The van der Waals surface area contributed by atoms with E-state index < -0.39 is 0 Å². The smallest absolute Gasteiger partial charge is 0.191 e. The zero-order chi connectivity index (χ0) is 9.26. The van der Waals surface area contributed by atoms with Crippen LogP contribution in [0.5, 0.6) is 0 Å². The molecule has 1 aromatic rings. The fourth-order valence-electron chi connectivity index (χ4n) is 2.03. The van der Waals surface area contributed by atoms with Crippen molar-refractivity contribution in [2.75, 3.05) is 0 Å². The van der Waals surface area contributed by atoms with Crippen LogP contribution >= 0.6 is 0 Å². The number of fused-ring (bicyclic) bond motifs is 1. The molecule has 3 heteroatoms. The molecule has 0 saturated carbocycles. The lowest BCUT2D eigenvalue weighted by molar-refractivity contribution is -0.255. The highest BCUT2D eigenvalue weighted by Crippen LogP contribution is 2.32. The van der Waals surface area contributed by atoms with Crippen LogP contribution in [0.4, 0.5) is 11.4 Å². The quantitative estimate of drug-likeness (QED) is 0.531. The second kappa shape index (κ2) is 4.45. The largest absolute Gasteiger partial charge is 1.00 e. The van der Waals surface area contributed by atoms with E-state index in [-0.39, 0.29) is 12.4 Å². The monoisotopic (exact) mass is 208 g/mol. The Morgan fingerprint density at radius 1 is 1.14 bits per heavy atom. The minimum Gasteiger partial charge on any atom is -1.00 e. The van der Waals surface area contributed by atoms with Crippen LogP contribution < -0.4 is 18.1 Å². The van der Waals surface area contributed by atoms with E-state index in [9.17, 15) is 0 Å². The van der Waals surface area contributed by atoms with Crippen LogP contribution in [0.3, 0.4) is 0 Å². The van der Waals surface area contributed by atoms with Crippen LogP contribution in [0.2, 0.25) is 0 Å². The predicted molar refractivity (Wildman–Crippen MR) is 51.9 cm³/mol. The second-order valence-corrected chi connectivity index (χ2v) is 3.52. The van der Waals surface area contributed by atoms with Crippen molar-refractivity contribution in [3.05, 3.63) is 34.7 Å². The summed E-state index contributed by atoms with van der Waals surface area (Å²) in [7, 11) is 0. The predicted octanol–water partition coefficient (Wildman–Crippen LogP) is -1.01. The number of rotatable bonds is 0. The van der Waals surface area contributed by atoms with E-state index in [2.05, 4.69) is 10.6 Å². The second-order valence-electron chi connectivity index (χ2n) is 3.52. The van der Waals surface area contributed by atoms with Crippen LogP contribution in [0.25, 0.3) is 4.85 Å². The third-order valence-corrected chi connectivity index (χ3v) is 2.73. The average molecular weight is 209 g/mol. The molecule has 0 aromatic heterocycles. The van der Waals surface area contributed by atoms with Gasteiger partial charge in [-0.25, -0.2) is 4.85 Å². The molecule has 0 spiro atoms. The van der Waals surface area contributed by atoms with Gasteiger partial charge in [0.2, 0.25) is 0 Å². The van der Waals surface area contributed by atoms with Gasteiger partial charge in [0.15, 0.2) is 5.69 Å². The molecule has 1 aromatic carbocycles. The zero-order valence-electron chi connectivity index (χ0n) is 8.02. The van der Waals surface area contributed by atoms with Crippen molar-refractivity contribution in [2.45, 2.75) is 25.7 Å². The molecule has 1 aliphatic rings. The minimum absolute atomic E-state index is 0. The van der Waals surface area contributed by atoms with Gasteiger partial charge >= 0.3 is 0 Å². The molecule has 0 atom stereocenters. The van der Waals surface area contributed by atoms with Gasteiger partial charge < -0.3 is 18.1 Å². The lowest BCUT2D eigenvalue weighted by Gasteiger charge is -2.16. The molecule has 2 nitrogen and oxygen atoms in total. The lowest BCUT2D eigenvalue weighted by atomic mass is 9.89. The molecule has 0 fully saturated rings. The third-order valence-electron chi connectivity index (χ3n) is 2.73. The Morgan fingerprint density at radius 2 is 1.79 bits per heavy atom. The van der Waals surface area contributed by atoms with Crippen molar-refractivity contribution in [2.24, 2.45) is 0 Å². The molecular weight excluding hydrogens is 196 g/mol. The molecular formula is C11H13ClN2. The van der Waals surface area contributed by atoms with Gasteiger partial charge in [0, 0.05) is 5.56 Å². The van der Waals surface area contributed by atoms with Crippen LogP contribution in [-0.2, 0) is 12.8 Å². The van der Waals surface area contributed by atoms with Gasteiger partial charge in [0.05, 0.1) is 6.57 Å². The highest BCUT2D eigenvalue weighted by molar-refractivity contribution is 5.62. The molecule has 0 aliphatic heterocycles. The van der Waals surface area contributed by atoms with E-state index >= 15 is 0 Å². The highest BCUT2D eigenvalue weighted by atomic mass is 35.5. The van der Waals surface area contributed by atoms with E-state index in [1.54, 1.807) is 0 Å². The first-order chi connectivity index (χ1) is 6.33. The molecule has 0 radical (unpaired) electrons. The lowest BCUT2D eigenvalue weighted by Crippen LogP contribution is -3.00. The maximum atomic E-state index is 7.06. The summed E-state index contributed by atoms with van der Waals surface area (Å²) in [6.45, 7) is 7.06. The number of halogens is 1. The van der Waals surface area contributed by atoms with Crippen molar-refractivity contribution >= 4 is 11.4 Å². The van der Waals surface area contributed by atoms with Crippen molar-refractivity contribution in [1.82, 2.24) is 0 Å². The van der Waals surface area contributed by atoms with Crippen molar-refractivity contribution in [1.29, 1.82) is 0 Å². The molecule has 0 saturated heterocycles. The molecule has 0 bridgehead atoms. The number of benzene rings is 1. The maximum Gasteiger partial charge on any atom is 0.191 e. The Morgan fingerprint density at radius 3 is 2.43 bits per heavy atom. The molecule has 0 unspecified atom stereocenters. The fraction of sp³-hybridized carbons (Fsp3) is 0.364. The first-order valence-corrected chi connectivity index (χ1v) is 4.67. The minimum atomic E-state index is 0. The molecule has 2 rings (SSSR count). The van der Waals surface area contributed by atoms with E-state index in [0.717, 1.165) is 24.2 Å². The van der Waals surface area contributed by atoms with E-state index in [0.29, 0.717) is 0 Å². The summed E-state index contributed by atoms with van der Waals surface area (Å²) in [5, 5.41) is 0. The Kier molecular flexibility index (Phi) is 3.51. The van der Waals surface area contributed by atoms with Crippen LogP contribution in [0, 0.1) is 6.57 Å². The van der Waals surface area contributed by atoms with Crippen LogP contribution in [0.15, 0.2) is 12.1 Å². The average Bonchev–Trinajstić information content (AvgIpc) is 2.19. The van der Waals surface area contributed by atoms with E-state index in [1.165, 1.54) is 24.0 Å².